The molecular formula is C17H17NO2. The van der Waals surface area contributed by atoms with Crippen molar-refractivity contribution in [1.29, 1.82) is 0 Å². The minimum atomic E-state index is -0.0640. The highest BCUT2D eigenvalue weighted by molar-refractivity contribution is 5.98. The number of carbonyl (C=O) groups excluding carboxylic acids is 1. The minimum absolute atomic E-state index is 0.0640. The average molecular weight is 267 g/mol. The van der Waals surface area contributed by atoms with Crippen LogP contribution in [0.1, 0.15) is 23.2 Å². The van der Waals surface area contributed by atoms with Crippen molar-refractivity contribution >= 4 is 16.7 Å². The quantitative estimate of drug-likeness (QED) is 0.927. The van der Waals surface area contributed by atoms with Gasteiger partial charge in [-0.15, -0.1) is 0 Å². The summed E-state index contributed by atoms with van der Waals surface area (Å²) in [6.45, 7) is 1.21. The van der Waals surface area contributed by atoms with E-state index in [4.69, 9.17) is 4.74 Å². The third-order valence-corrected chi connectivity index (χ3v) is 3.44. The molecule has 1 N–H and O–H groups in total. The molecule has 2 aromatic carbocycles. The van der Waals surface area contributed by atoms with Gasteiger partial charge in [0.2, 0.25) is 0 Å². The Labute approximate surface area is 118 Å². The van der Waals surface area contributed by atoms with Crippen molar-refractivity contribution in [1.82, 2.24) is 5.32 Å². The summed E-state index contributed by atoms with van der Waals surface area (Å²) in [5.74, 6) is 0.802. The van der Waals surface area contributed by atoms with Crippen molar-refractivity contribution in [3.05, 3.63) is 59.9 Å². The SMILES string of the molecule is O=C(NCC1=CCCCO1)c1ccc2ccccc2c1. The summed E-state index contributed by atoms with van der Waals surface area (Å²) in [5, 5.41) is 5.12. The van der Waals surface area contributed by atoms with Crippen molar-refractivity contribution in [3.63, 3.8) is 0 Å². The number of carbonyl (C=O) groups is 1. The number of rotatable bonds is 3. The van der Waals surface area contributed by atoms with Crippen LogP contribution >= 0.6 is 0 Å². The predicted molar refractivity (Wildman–Crippen MR) is 79.6 cm³/mol. The van der Waals surface area contributed by atoms with Crippen LogP contribution in [0, 0.1) is 0 Å². The van der Waals surface area contributed by atoms with Crippen LogP contribution in [-0.4, -0.2) is 19.1 Å². The lowest BCUT2D eigenvalue weighted by molar-refractivity contribution is 0.0944. The standard InChI is InChI=1S/C17H17NO2/c19-17(18-12-16-7-3-4-10-20-16)15-9-8-13-5-1-2-6-14(13)11-15/h1-2,5-9,11H,3-4,10,12H2,(H,18,19). The number of nitrogens with one attached hydrogen (secondary N) is 1. The first-order valence-electron chi connectivity index (χ1n) is 6.92. The molecule has 20 heavy (non-hydrogen) atoms. The molecule has 0 aliphatic carbocycles. The molecule has 3 rings (SSSR count). The topological polar surface area (TPSA) is 38.3 Å². The third kappa shape index (κ3) is 2.82. The molecule has 1 aliphatic heterocycles. The van der Waals surface area contributed by atoms with Gasteiger partial charge in [-0.1, -0.05) is 30.3 Å². The molecular weight excluding hydrogens is 250 g/mol. The minimum Gasteiger partial charge on any atom is -0.496 e. The maximum Gasteiger partial charge on any atom is 0.251 e. The first-order valence-corrected chi connectivity index (χ1v) is 6.92. The zero-order valence-corrected chi connectivity index (χ0v) is 11.3. The summed E-state index contributed by atoms with van der Waals surface area (Å²) in [5.41, 5.74) is 0.681. The molecule has 0 atom stereocenters. The fourth-order valence-corrected chi connectivity index (χ4v) is 2.33. The van der Waals surface area contributed by atoms with Crippen LogP contribution < -0.4 is 5.32 Å². The molecule has 0 spiro atoms. The van der Waals surface area contributed by atoms with E-state index in [0.29, 0.717) is 12.1 Å². The lowest BCUT2D eigenvalue weighted by Gasteiger charge is -2.15. The number of hydrogen-bond donors (Lipinski definition) is 1. The van der Waals surface area contributed by atoms with E-state index in [1.807, 2.05) is 48.5 Å². The number of hydrogen-bond acceptors (Lipinski definition) is 2. The fourth-order valence-electron chi connectivity index (χ4n) is 2.33. The molecule has 3 heteroatoms. The number of fused-ring (bicyclic) bond motifs is 1. The van der Waals surface area contributed by atoms with E-state index in [1.165, 1.54) is 0 Å². The zero-order chi connectivity index (χ0) is 13.8. The monoisotopic (exact) mass is 267 g/mol. The van der Waals surface area contributed by atoms with Crippen LogP contribution in [0.25, 0.3) is 10.8 Å². The highest BCUT2D eigenvalue weighted by atomic mass is 16.5. The second-order valence-corrected chi connectivity index (χ2v) is 4.91. The van der Waals surface area contributed by atoms with Gasteiger partial charge in [0.25, 0.3) is 5.91 Å². The molecule has 1 heterocycles. The van der Waals surface area contributed by atoms with Gasteiger partial charge < -0.3 is 10.1 Å². The molecule has 3 nitrogen and oxygen atoms in total. The van der Waals surface area contributed by atoms with Crippen molar-refractivity contribution in [2.45, 2.75) is 12.8 Å². The summed E-state index contributed by atoms with van der Waals surface area (Å²) in [6, 6.07) is 13.8. The van der Waals surface area contributed by atoms with Crippen LogP contribution in [0.4, 0.5) is 0 Å². The molecule has 0 aromatic heterocycles. The molecule has 1 aliphatic rings. The van der Waals surface area contributed by atoms with Crippen LogP contribution in [0.2, 0.25) is 0 Å². The lowest BCUT2D eigenvalue weighted by atomic mass is 10.1. The van der Waals surface area contributed by atoms with Gasteiger partial charge in [-0.05, 0) is 41.8 Å². The Balaban J connectivity index is 1.70. The van der Waals surface area contributed by atoms with Crippen LogP contribution in [-0.2, 0) is 4.74 Å². The largest absolute Gasteiger partial charge is 0.496 e. The van der Waals surface area contributed by atoms with Crippen molar-refractivity contribution in [3.8, 4) is 0 Å². The van der Waals surface area contributed by atoms with Crippen molar-refractivity contribution < 1.29 is 9.53 Å². The van der Waals surface area contributed by atoms with E-state index in [9.17, 15) is 4.79 Å². The molecule has 102 valence electrons. The van der Waals surface area contributed by atoms with E-state index < -0.39 is 0 Å². The van der Waals surface area contributed by atoms with E-state index in [1.54, 1.807) is 0 Å². The van der Waals surface area contributed by atoms with Gasteiger partial charge in [0.1, 0.15) is 5.76 Å². The van der Waals surface area contributed by atoms with Crippen molar-refractivity contribution in [2.24, 2.45) is 0 Å². The highest BCUT2D eigenvalue weighted by Gasteiger charge is 2.09. The predicted octanol–water partition coefficient (Wildman–Crippen LogP) is 3.26. The summed E-state index contributed by atoms with van der Waals surface area (Å²) in [6.07, 6.45) is 4.13. The van der Waals surface area contributed by atoms with Crippen LogP contribution in [0.3, 0.4) is 0 Å². The lowest BCUT2D eigenvalue weighted by Crippen LogP contribution is -2.27. The Morgan fingerprint density at radius 2 is 2.00 bits per heavy atom. The summed E-state index contributed by atoms with van der Waals surface area (Å²) in [7, 11) is 0. The number of allylic oxidation sites excluding steroid dienone is 1. The summed E-state index contributed by atoms with van der Waals surface area (Å²) >= 11 is 0. The Morgan fingerprint density at radius 1 is 1.15 bits per heavy atom. The molecule has 1 amide bonds. The second kappa shape index (κ2) is 5.78. The third-order valence-electron chi connectivity index (χ3n) is 3.44. The van der Waals surface area contributed by atoms with Gasteiger partial charge in [0.15, 0.2) is 0 Å². The van der Waals surface area contributed by atoms with E-state index in [2.05, 4.69) is 5.32 Å². The first-order chi connectivity index (χ1) is 9.83. The normalized spacial score (nSPS) is 14.5. The molecule has 0 unspecified atom stereocenters. The molecule has 0 fully saturated rings. The van der Waals surface area contributed by atoms with E-state index in [0.717, 1.165) is 36.0 Å². The van der Waals surface area contributed by atoms with Crippen LogP contribution in [0.5, 0.6) is 0 Å². The van der Waals surface area contributed by atoms with Gasteiger partial charge >= 0.3 is 0 Å². The maximum absolute atomic E-state index is 12.1. The van der Waals surface area contributed by atoms with Gasteiger partial charge in [0, 0.05) is 5.56 Å². The molecule has 0 radical (unpaired) electrons. The highest BCUT2D eigenvalue weighted by Crippen LogP contribution is 2.15. The number of benzene rings is 2. The van der Waals surface area contributed by atoms with E-state index in [-0.39, 0.29) is 5.91 Å². The Hall–Kier alpha value is -2.29. The Morgan fingerprint density at radius 3 is 2.80 bits per heavy atom. The summed E-state index contributed by atoms with van der Waals surface area (Å²) in [4.78, 5) is 12.1. The number of ether oxygens (including phenoxy) is 1. The molecule has 2 aromatic rings. The van der Waals surface area contributed by atoms with E-state index >= 15 is 0 Å². The zero-order valence-electron chi connectivity index (χ0n) is 11.3. The molecule has 0 saturated heterocycles. The summed E-state index contributed by atoms with van der Waals surface area (Å²) < 4.78 is 5.48. The average Bonchev–Trinajstić information content (AvgIpc) is 2.53. The van der Waals surface area contributed by atoms with Gasteiger partial charge in [0.05, 0.1) is 13.2 Å². The number of amides is 1. The maximum atomic E-state index is 12.1. The smallest absolute Gasteiger partial charge is 0.251 e. The fraction of sp³-hybridized carbons (Fsp3) is 0.235. The second-order valence-electron chi connectivity index (χ2n) is 4.91. The Bertz CT molecular complexity index is 661. The van der Waals surface area contributed by atoms with Gasteiger partial charge in [-0.25, -0.2) is 0 Å². The van der Waals surface area contributed by atoms with Crippen molar-refractivity contribution in [2.75, 3.05) is 13.2 Å². The molecule has 0 saturated carbocycles. The molecule has 0 bridgehead atoms. The van der Waals surface area contributed by atoms with Crippen LogP contribution in [0.15, 0.2) is 54.3 Å². The Kier molecular flexibility index (Phi) is 3.68. The van der Waals surface area contributed by atoms with Gasteiger partial charge in [-0.3, -0.25) is 4.79 Å². The van der Waals surface area contributed by atoms with Gasteiger partial charge in [-0.2, -0.15) is 0 Å². The first kappa shape index (κ1) is 12.7.